The first-order valence-electron chi connectivity index (χ1n) is 5.84. The van der Waals surface area contributed by atoms with E-state index in [9.17, 15) is 4.79 Å². The van der Waals surface area contributed by atoms with Crippen molar-refractivity contribution in [2.45, 2.75) is 13.3 Å². The molecular weight excluding hydrogens is 230 g/mol. The van der Waals surface area contributed by atoms with Gasteiger partial charge in [-0.2, -0.15) is 0 Å². The summed E-state index contributed by atoms with van der Waals surface area (Å²) in [4.78, 5) is 13.8. The van der Waals surface area contributed by atoms with Gasteiger partial charge in [-0.3, -0.25) is 10.2 Å². The van der Waals surface area contributed by atoms with Gasteiger partial charge in [-0.15, -0.1) is 0 Å². The predicted molar refractivity (Wildman–Crippen MR) is 67.8 cm³/mol. The van der Waals surface area contributed by atoms with Crippen LogP contribution < -0.4 is 10.2 Å². The van der Waals surface area contributed by atoms with Crippen LogP contribution in [0.25, 0.3) is 0 Å². The lowest BCUT2D eigenvalue weighted by atomic mass is 10.2. The third-order valence-electron chi connectivity index (χ3n) is 3.00. The minimum Gasteiger partial charge on any atom is -0.360 e. The van der Waals surface area contributed by atoms with Crippen LogP contribution in [0.2, 0.25) is 0 Å². The van der Waals surface area contributed by atoms with E-state index < -0.39 is 0 Å². The fourth-order valence-electron chi connectivity index (χ4n) is 2.15. The van der Waals surface area contributed by atoms with E-state index in [2.05, 4.69) is 10.5 Å². The number of fused-ring (bicyclic) bond motifs is 1. The average Bonchev–Trinajstić information content (AvgIpc) is 2.95. The molecule has 0 atom stereocenters. The molecular formula is C13H13N3O2. The summed E-state index contributed by atoms with van der Waals surface area (Å²) < 4.78 is 4.91. The molecule has 2 amide bonds. The van der Waals surface area contributed by atoms with Gasteiger partial charge in [-0.1, -0.05) is 23.4 Å². The Hall–Kier alpha value is -2.30. The van der Waals surface area contributed by atoms with Gasteiger partial charge in [0.2, 0.25) is 0 Å². The largest absolute Gasteiger partial charge is 0.360 e. The molecule has 0 aliphatic carbocycles. The summed E-state index contributed by atoms with van der Waals surface area (Å²) in [5, 5.41) is 6.48. The highest BCUT2D eigenvalue weighted by Crippen LogP contribution is 2.27. The van der Waals surface area contributed by atoms with Crippen molar-refractivity contribution in [3.05, 3.63) is 41.7 Å². The predicted octanol–water partition coefficient (Wildman–Crippen LogP) is 2.58. The summed E-state index contributed by atoms with van der Waals surface area (Å²) in [5.41, 5.74) is 2.17. The molecule has 0 saturated heterocycles. The maximum Gasteiger partial charge on any atom is 0.327 e. The lowest BCUT2D eigenvalue weighted by Gasteiger charge is -2.16. The first-order chi connectivity index (χ1) is 8.74. The molecule has 1 aromatic carbocycles. The second-order valence-corrected chi connectivity index (χ2v) is 4.28. The minimum absolute atomic E-state index is 0.173. The van der Waals surface area contributed by atoms with Crippen molar-refractivity contribution in [2.24, 2.45) is 0 Å². The molecule has 0 bridgehead atoms. The van der Waals surface area contributed by atoms with E-state index in [1.54, 1.807) is 17.9 Å². The van der Waals surface area contributed by atoms with Crippen molar-refractivity contribution in [3.63, 3.8) is 0 Å². The van der Waals surface area contributed by atoms with E-state index in [4.69, 9.17) is 4.52 Å². The number of rotatable bonds is 1. The average molecular weight is 243 g/mol. The number of aromatic nitrogens is 1. The second kappa shape index (κ2) is 4.18. The van der Waals surface area contributed by atoms with Gasteiger partial charge in [0, 0.05) is 18.3 Å². The number of nitrogens with zero attached hydrogens (tertiary/aromatic N) is 2. The number of hydrogen-bond acceptors (Lipinski definition) is 3. The van der Waals surface area contributed by atoms with Gasteiger partial charge in [-0.25, -0.2) is 4.79 Å². The van der Waals surface area contributed by atoms with Crippen LogP contribution in [0, 0.1) is 6.92 Å². The highest BCUT2D eigenvalue weighted by Gasteiger charge is 2.24. The van der Waals surface area contributed by atoms with Crippen LogP contribution in [0.1, 0.15) is 11.3 Å². The molecule has 1 aliphatic heterocycles. The smallest absolute Gasteiger partial charge is 0.327 e. The summed E-state index contributed by atoms with van der Waals surface area (Å²) in [7, 11) is 0. The molecule has 0 fully saturated rings. The Kier molecular flexibility index (Phi) is 2.51. The van der Waals surface area contributed by atoms with Gasteiger partial charge in [0.15, 0.2) is 5.82 Å². The summed E-state index contributed by atoms with van der Waals surface area (Å²) in [5.74, 6) is 1.12. The van der Waals surface area contributed by atoms with Crippen LogP contribution in [-0.4, -0.2) is 17.7 Å². The van der Waals surface area contributed by atoms with E-state index in [0.29, 0.717) is 18.1 Å². The maximum absolute atomic E-state index is 12.1. The number of urea groups is 1. The first-order valence-corrected chi connectivity index (χ1v) is 5.84. The number of nitrogens with one attached hydrogen (secondary N) is 1. The molecule has 5 heteroatoms. The molecule has 5 nitrogen and oxygen atoms in total. The molecule has 1 aliphatic rings. The monoisotopic (exact) mass is 243 g/mol. The Labute approximate surface area is 104 Å². The molecule has 2 aromatic rings. The van der Waals surface area contributed by atoms with Gasteiger partial charge in [0.1, 0.15) is 5.76 Å². The summed E-state index contributed by atoms with van der Waals surface area (Å²) in [6.07, 6.45) is 0.890. The topological polar surface area (TPSA) is 58.4 Å². The molecule has 2 heterocycles. The zero-order valence-corrected chi connectivity index (χ0v) is 10.0. The van der Waals surface area contributed by atoms with Crippen molar-refractivity contribution in [2.75, 3.05) is 16.8 Å². The van der Waals surface area contributed by atoms with Crippen LogP contribution >= 0.6 is 0 Å². The number of anilines is 2. The molecule has 0 radical (unpaired) electrons. The van der Waals surface area contributed by atoms with Crippen molar-refractivity contribution < 1.29 is 9.32 Å². The van der Waals surface area contributed by atoms with Crippen LogP contribution in [0.3, 0.4) is 0 Å². The first kappa shape index (κ1) is 10.8. The number of amides is 2. The van der Waals surface area contributed by atoms with E-state index in [1.165, 1.54) is 5.56 Å². The number of aryl methyl sites for hydroxylation is 1. The Morgan fingerprint density at radius 2 is 2.28 bits per heavy atom. The lowest BCUT2D eigenvalue weighted by molar-refractivity contribution is 0.257. The van der Waals surface area contributed by atoms with Crippen molar-refractivity contribution in [1.82, 2.24) is 5.16 Å². The molecule has 0 unspecified atom stereocenters. The standard InChI is InChI=1S/C13H13N3O2/c1-9-8-12(15-18-9)14-13(17)16-7-6-10-4-2-3-5-11(10)16/h2-5,8H,6-7H2,1H3,(H,14,15,17). The van der Waals surface area contributed by atoms with E-state index in [-0.39, 0.29) is 6.03 Å². The minimum atomic E-state index is -0.173. The number of benzene rings is 1. The summed E-state index contributed by atoms with van der Waals surface area (Å²) in [6.45, 7) is 2.48. The van der Waals surface area contributed by atoms with Gasteiger partial charge in [-0.05, 0) is 25.0 Å². The zero-order valence-electron chi connectivity index (χ0n) is 10.0. The number of hydrogen-bond donors (Lipinski definition) is 1. The van der Waals surface area contributed by atoms with E-state index >= 15 is 0 Å². The third-order valence-corrected chi connectivity index (χ3v) is 3.00. The fourth-order valence-corrected chi connectivity index (χ4v) is 2.15. The summed E-state index contributed by atoms with van der Waals surface area (Å²) >= 11 is 0. The van der Waals surface area contributed by atoms with Crippen LogP contribution in [0.15, 0.2) is 34.9 Å². The zero-order chi connectivity index (χ0) is 12.5. The Bertz CT molecular complexity index is 591. The molecule has 3 rings (SSSR count). The summed E-state index contributed by atoms with van der Waals surface area (Å²) in [6, 6.07) is 9.44. The number of para-hydroxylation sites is 1. The Morgan fingerprint density at radius 3 is 3.06 bits per heavy atom. The molecule has 1 N–H and O–H groups in total. The van der Waals surface area contributed by atoms with Crippen LogP contribution in [0.5, 0.6) is 0 Å². The maximum atomic E-state index is 12.1. The molecule has 92 valence electrons. The fraction of sp³-hybridized carbons (Fsp3) is 0.231. The van der Waals surface area contributed by atoms with Crippen LogP contribution in [-0.2, 0) is 6.42 Å². The van der Waals surface area contributed by atoms with Gasteiger partial charge < -0.3 is 4.52 Å². The normalized spacial score (nSPS) is 13.5. The SMILES string of the molecule is Cc1cc(NC(=O)N2CCc3ccccc32)no1. The molecule has 0 saturated carbocycles. The highest BCUT2D eigenvalue weighted by molar-refractivity contribution is 6.02. The second-order valence-electron chi connectivity index (χ2n) is 4.28. The quantitative estimate of drug-likeness (QED) is 0.837. The lowest BCUT2D eigenvalue weighted by Crippen LogP contribution is -2.33. The van der Waals surface area contributed by atoms with Gasteiger partial charge in [0.05, 0.1) is 0 Å². The van der Waals surface area contributed by atoms with E-state index in [1.807, 2.05) is 24.3 Å². The molecule has 1 aromatic heterocycles. The van der Waals surface area contributed by atoms with Gasteiger partial charge >= 0.3 is 6.03 Å². The van der Waals surface area contributed by atoms with Crippen LogP contribution in [0.4, 0.5) is 16.3 Å². The van der Waals surface area contributed by atoms with E-state index in [0.717, 1.165) is 12.1 Å². The Morgan fingerprint density at radius 1 is 1.44 bits per heavy atom. The van der Waals surface area contributed by atoms with Crippen molar-refractivity contribution in [1.29, 1.82) is 0 Å². The number of carbonyl (C=O) groups is 1. The van der Waals surface area contributed by atoms with Crippen molar-refractivity contribution in [3.8, 4) is 0 Å². The third kappa shape index (κ3) is 1.84. The highest BCUT2D eigenvalue weighted by atomic mass is 16.5. The Balaban J connectivity index is 1.78. The van der Waals surface area contributed by atoms with Crippen molar-refractivity contribution >= 4 is 17.5 Å². The molecule has 0 spiro atoms. The molecule has 18 heavy (non-hydrogen) atoms. The van der Waals surface area contributed by atoms with Gasteiger partial charge in [0.25, 0.3) is 0 Å². The number of carbonyl (C=O) groups excluding carboxylic acids is 1.